The fraction of sp³-hybridized carbons (Fsp3) is 0.611. The zero-order chi connectivity index (χ0) is 15.4. The summed E-state index contributed by atoms with van der Waals surface area (Å²) in [6.45, 7) is 2.59. The molecule has 22 heavy (non-hydrogen) atoms. The lowest BCUT2D eigenvalue weighted by Gasteiger charge is -2.22. The maximum Gasteiger partial charge on any atom is 0.193 e. The summed E-state index contributed by atoms with van der Waals surface area (Å²) in [4.78, 5) is 6.56. The van der Waals surface area contributed by atoms with E-state index in [0.717, 1.165) is 31.6 Å². The van der Waals surface area contributed by atoms with Crippen molar-refractivity contribution in [2.75, 3.05) is 33.9 Å². The third-order valence-corrected chi connectivity index (χ3v) is 4.53. The van der Waals surface area contributed by atoms with Crippen molar-refractivity contribution < 1.29 is 4.74 Å². The molecule has 0 aromatic heterocycles. The van der Waals surface area contributed by atoms with E-state index in [0.29, 0.717) is 12.0 Å². The molecule has 2 atom stereocenters. The molecule has 4 heteroatoms. The van der Waals surface area contributed by atoms with Crippen LogP contribution < -0.4 is 5.32 Å². The zero-order valence-electron chi connectivity index (χ0n) is 13.7. The van der Waals surface area contributed by atoms with Gasteiger partial charge in [-0.2, -0.15) is 0 Å². The monoisotopic (exact) mass is 301 g/mol. The second kappa shape index (κ2) is 7.14. The smallest absolute Gasteiger partial charge is 0.193 e. The predicted octanol–water partition coefficient (Wildman–Crippen LogP) is 2.48. The van der Waals surface area contributed by atoms with Crippen LogP contribution in [0.1, 0.15) is 30.7 Å². The van der Waals surface area contributed by atoms with Gasteiger partial charge in [-0.25, -0.2) is 0 Å². The number of hydrogen-bond acceptors (Lipinski definition) is 2. The van der Waals surface area contributed by atoms with Gasteiger partial charge in [0, 0.05) is 39.2 Å². The van der Waals surface area contributed by atoms with E-state index >= 15 is 0 Å². The lowest BCUT2D eigenvalue weighted by molar-refractivity contribution is 0.115. The van der Waals surface area contributed by atoms with Crippen LogP contribution in [0.25, 0.3) is 0 Å². The van der Waals surface area contributed by atoms with Gasteiger partial charge in [0.2, 0.25) is 0 Å². The minimum absolute atomic E-state index is 0.510. The van der Waals surface area contributed by atoms with Crippen molar-refractivity contribution in [1.82, 2.24) is 10.2 Å². The number of aliphatic imine (C=N–C) groups is 1. The van der Waals surface area contributed by atoms with Gasteiger partial charge in [-0.15, -0.1) is 0 Å². The Morgan fingerprint density at radius 2 is 2.09 bits per heavy atom. The van der Waals surface area contributed by atoms with Crippen molar-refractivity contribution >= 4 is 5.96 Å². The maximum absolute atomic E-state index is 5.71. The van der Waals surface area contributed by atoms with Gasteiger partial charge in [-0.1, -0.05) is 30.3 Å². The SMILES string of the molecule is CN=C(NC1CC1c1ccccc1)N(C)CCOCC1CC1. The fourth-order valence-electron chi connectivity index (χ4n) is 2.78. The molecule has 120 valence electrons. The summed E-state index contributed by atoms with van der Waals surface area (Å²) < 4.78 is 5.71. The Morgan fingerprint density at radius 1 is 1.32 bits per heavy atom. The summed E-state index contributed by atoms with van der Waals surface area (Å²) >= 11 is 0. The van der Waals surface area contributed by atoms with E-state index < -0.39 is 0 Å². The largest absolute Gasteiger partial charge is 0.379 e. The van der Waals surface area contributed by atoms with E-state index in [1.54, 1.807) is 0 Å². The Labute approximate surface area is 133 Å². The van der Waals surface area contributed by atoms with Crippen molar-refractivity contribution in [3.05, 3.63) is 35.9 Å². The van der Waals surface area contributed by atoms with Crippen molar-refractivity contribution in [3.63, 3.8) is 0 Å². The van der Waals surface area contributed by atoms with Crippen molar-refractivity contribution in [2.45, 2.75) is 31.2 Å². The van der Waals surface area contributed by atoms with E-state index in [2.05, 4.69) is 52.6 Å². The molecular weight excluding hydrogens is 274 g/mol. The molecule has 2 aliphatic carbocycles. The first-order valence-corrected chi connectivity index (χ1v) is 8.35. The van der Waals surface area contributed by atoms with Gasteiger partial charge in [-0.3, -0.25) is 4.99 Å². The molecule has 2 saturated carbocycles. The molecule has 0 saturated heterocycles. The molecule has 3 rings (SSSR count). The Balaban J connectivity index is 1.40. The fourth-order valence-corrected chi connectivity index (χ4v) is 2.78. The molecule has 0 amide bonds. The van der Waals surface area contributed by atoms with Gasteiger partial charge in [0.15, 0.2) is 5.96 Å². The maximum atomic E-state index is 5.71. The number of ether oxygens (including phenoxy) is 1. The lowest BCUT2D eigenvalue weighted by atomic mass is 10.1. The predicted molar refractivity (Wildman–Crippen MR) is 90.3 cm³/mol. The number of likely N-dealkylation sites (N-methyl/N-ethyl adjacent to an activating group) is 1. The molecule has 0 spiro atoms. The minimum atomic E-state index is 0.510. The Kier molecular flexibility index (Phi) is 4.98. The highest BCUT2D eigenvalue weighted by atomic mass is 16.5. The van der Waals surface area contributed by atoms with Crippen molar-refractivity contribution in [2.24, 2.45) is 10.9 Å². The third-order valence-electron chi connectivity index (χ3n) is 4.53. The Bertz CT molecular complexity index is 498. The molecule has 1 aromatic rings. The highest BCUT2D eigenvalue weighted by Gasteiger charge is 2.39. The number of benzene rings is 1. The second-order valence-corrected chi connectivity index (χ2v) is 6.49. The van der Waals surface area contributed by atoms with Crippen LogP contribution in [-0.4, -0.2) is 50.8 Å². The molecule has 4 nitrogen and oxygen atoms in total. The van der Waals surface area contributed by atoms with Crippen LogP contribution in [0.15, 0.2) is 35.3 Å². The number of rotatable bonds is 7. The number of nitrogens with one attached hydrogen (secondary N) is 1. The zero-order valence-corrected chi connectivity index (χ0v) is 13.7. The van der Waals surface area contributed by atoms with Gasteiger partial charge < -0.3 is 15.0 Å². The first-order valence-electron chi connectivity index (χ1n) is 8.35. The molecule has 0 bridgehead atoms. The highest BCUT2D eigenvalue weighted by Crippen LogP contribution is 2.40. The quantitative estimate of drug-likeness (QED) is 0.477. The molecule has 0 radical (unpaired) electrons. The third kappa shape index (κ3) is 4.23. The summed E-state index contributed by atoms with van der Waals surface area (Å²) in [5.74, 6) is 2.43. The Hall–Kier alpha value is -1.55. The summed E-state index contributed by atoms with van der Waals surface area (Å²) in [5.41, 5.74) is 1.42. The molecule has 1 N–H and O–H groups in total. The molecule has 0 heterocycles. The standard InChI is InChI=1S/C18H27N3O/c1-19-18(21(2)10-11-22-13-14-8-9-14)20-17-12-16(17)15-6-4-3-5-7-15/h3-7,14,16-17H,8-13H2,1-2H3,(H,19,20). The van der Waals surface area contributed by atoms with Gasteiger partial charge >= 0.3 is 0 Å². The van der Waals surface area contributed by atoms with E-state index in [4.69, 9.17) is 4.74 Å². The summed E-state index contributed by atoms with van der Waals surface area (Å²) in [5, 5.41) is 3.57. The number of nitrogens with zero attached hydrogens (tertiary/aromatic N) is 2. The van der Waals surface area contributed by atoms with E-state index in [1.807, 2.05) is 7.05 Å². The van der Waals surface area contributed by atoms with E-state index in [-0.39, 0.29) is 0 Å². The average Bonchev–Trinajstić information content (AvgIpc) is 3.45. The normalized spacial score (nSPS) is 24.2. The highest BCUT2D eigenvalue weighted by molar-refractivity contribution is 5.80. The minimum Gasteiger partial charge on any atom is -0.379 e. The van der Waals surface area contributed by atoms with Crippen LogP contribution >= 0.6 is 0 Å². The molecular formula is C18H27N3O. The van der Waals surface area contributed by atoms with Crippen LogP contribution in [0.3, 0.4) is 0 Å². The van der Waals surface area contributed by atoms with Crippen molar-refractivity contribution in [3.8, 4) is 0 Å². The van der Waals surface area contributed by atoms with Crippen LogP contribution in [0.4, 0.5) is 0 Å². The van der Waals surface area contributed by atoms with Crippen LogP contribution in [0, 0.1) is 5.92 Å². The first-order chi connectivity index (χ1) is 10.8. The molecule has 2 fully saturated rings. The number of guanidine groups is 1. The van der Waals surface area contributed by atoms with Crippen LogP contribution in [0.2, 0.25) is 0 Å². The summed E-state index contributed by atoms with van der Waals surface area (Å²) in [7, 11) is 3.93. The van der Waals surface area contributed by atoms with Gasteiger partial charge in [0.25, 0.3) is 0 Å². The Morgan fingerprint density at radius 3 is 2.77 bits per heavy atom. The van der Waals surface area contributed by atoms with Gasteiger partial charge in [0.05, 0.1) is 6.61 Å². The number of hydrogen-bond donors (Lipinski definition) is 1. The van der Waals surface area contributed by atoms with E-state index in [1.165, 1.54) is 24.8 Å². The lowest BCUT2D eigenvalue weighted by Crippen LogP contribution is -2.42. The topological polar surface area (TPSA) is 36.9 Å². The average molecular weight is 301 g/mol. The van der Waals surface area contributed by atoms with Crippen LogP contribution in [0.5, 0.6) is 0 Å². The molecule has 2 unspecified atom stereocenters. The molecule has 2 aliphatic rings. The van der Waals surface area contributed by atoms with Gasteiger partial charge in [0.1, 0.15) is 0 Å². The van der Waals surface area contributed by atoms with Crippen molar-refractivity contribution in [1.29, 1.82) is 0 Å². The molecule has 0 aliphatic heterocycles. The first kappa shape index (κ1) is 15.3. The second-order valence-electron chi connectivity index (χ2n) is 6.49. The van der Waals surface area contributed by atoms with Crippen LogP contribution in [-0.2, 0) is 4.74 Å². The van der Waals surface area contributed by atoms with E-state index in [9.17, 15) is 0 Å². The summed E-state index contributed by atoms with van der Waals surface area (Å²) in [6, 6.07) is 11.2. The molecule has 1 aromatic carbocycles. The van der Waals surface area contributed by atoms with Gasteiger partial charge in [-0.05, 0) is 30.7 Å². The summed E-state index contributed by atoms with van der Waals surface area (Å²) in [6.07, 6.45) is 3.89.